The van der Waals surface area contributed by atoms with Crippen molar-refractivity contribution in [2.24, 2.45) is 5.41 Å². The highest BCUT2D eigenvalue weighted by molar-refractivity contribution is 6.31. The van der Waals surface area contributed by atoms with Crippen LogP contribution in [0.2, 0.25) is 5.02 Å². The molecule has 2 rings (SSSR count). The smallest absolute Gasteiger partial charge is 0.311 e. The number of rotatable bonds is 4. The lowest BCUT2D eigenvalue weighted by atomic mass is 10.1. The van der Waals surface area contributed by atoms with E-state index in [4.69, 9.17) is 16.7 Å². The predicted octanol–water partition coefficient (Wildman–Crippen LogP) is 2.24. The van der Waals surface area contributed by atoms with Crippen LogP contribution in [0.4, 0.5) is 0 Å². The first kappa shape index (κ1) is 12.9. The number of carboxylic acids is 1. The summed E-state index contributed by atoms with van der Waals surface area (Å²) in [6.07, 6.45) is 1.25. The van der Waals surface area contributed by atoms with E-state index in [0.717, 1.165) is 5.56 Å². The molecule has 1 fully saturated rings. The zero-order valence-electron chi connectivity index (χ0n) is 10.00. The summed E-state index contributed by atoms with van der Waals surface area (Å²) in [5.74, 6) is -1.10. The second-order valence-corrected chi connectivity index (χ2v) is 5.14. The highest BCUT2D eigenvalue weighted by atomic mass is 35.5. The average Bonchev–Trinajstić information content (AvgIpc) is 3.11. The van der Waals surface area contributed by atoms with Crippen molar-refractivity contribution in [2.75, 3.05) is 6.54 Å². The summed E-state index contributed by atoms with van der Waals surface area (Å²) in [6, 6.07) is 4.99. The zero-order chi connectivity index (χ0) is 13.3. The Kier molecular flexibility index (Phi) is 3.30. The maximum atomic E-state index is 11.9. The minimum atomic E-state index is -0.838. The standard InChI is InChI=1S/C13H14ClNO3/c1-8-6-9(2-3-10(8)14)11(16)15-7-13(4-5-13)12(17)18/h2-3,6H,4-5,7H2,1H3,(H,15,16)(H,17,18). The van der Waals surface area contributed by atoms with Crippen LogP contribution in [0.5, 0.6) is 0 Å². The summed E-state index contributed by atoms with van der Waals surface area (Å²) in [4.78, 5) is 22.8. The third kappa shape index (κ3) is 2.48. The van der Waals surface area contributed by atoms with Gasteiger partial charge in [-0.1, -0.05) is 11.6 Å². The molecule has 1 aromatic carbocycles. The monoisotopic (exact) mass is 267 g/mol. The van der Waals surface area contributed by atoms with E-state index >= 15 is 0 Å². The van der Waals surface area contributed by atoms with E-state index < -0.39 is 11.4 Å². The van der Waals surface area contributed by atoms with Crippen molar-refractivity contribution in [1.82, 2.24) is 5.32 Å². The highest BCUT2D eigenvalue weighted by Crippen LogP contribution is 2.45. The first-order chi connectivity index (χ1) is 8.44. The zero-order valence-corrected chi connectivity index (χ0v) is 10.8. The third-order valence-corrected chi connectivity index (χ3v) is 3.74. The summed E-state index contributed by atoms with van der Waals surface area (Å²) in [5, 5.41) is 12.3. The van der Waals surface area contributed by atoms with Crippen LogP contribution in [-0.4, -0.2) is 23.5 Å². The molecule has 0 unspecified atom stereocenters. The number of amides is 1. The number of nitrogens with one attached hydrogen (secondary N) is 1. The quantitative estimate of drug-likeness (QED) is 0.879. The summed E-state index contributed by atoms with van der Waals surface area (Å²) in [5.41, 5.74) is 0.582. The lowest BCUT2D eigenvalue weighted by molar-refractivity contribution is -0.143. The maximum absolute atomic E-state index is 11.9. The van der Waals surface area contributed by atoms with Crippen LogP contribution < -0.4 is 5.32 Å². The number of carboxylic acid groups (broad SMARTS) is 1. The van der Waals surface area contributed by atoms with Crippen LogP contribution in [0.15, 0.2) is 18.2 Å². The first-order valence-electron chi connectivity index (χ1n) is 5.72. The molecule has 1 aliphatic carbocycles. The van der Waals surface area contributed by atoms with Crippen LogP contribution in [0.25, 0.3) is 0 Å². The summed E-state index contributed by atoms with van der Waals surface area (Å²) in [7, 11) is 0. The molecule has 0 atom stereocenters. The maximum Gasteiger partial charge on any atom is 0.311 e. The number of carbonyl (C=O) groups excluding carboxylic acids is 1. The van der Waals surface area contributed by atoms with Gasteiger partial charge in [-0.05, 0) is 43.5 Å². The van der Waals surface area contributed by atoms with Crippen molar-refractivity contribution in [3.05, 3.63) is 34.3 Å². The van der Waals surface area contributed by atoms with E-state index in [9.17, 15) is 9.59 Å². The molecule has 1 aliphatic rings. The number of hydrogen-bond acceptors (Lipinski definition) is 2. The number of halogens is 1. The molecular formula is C13H14ClNO3. The van der Waals surface area contributed by atoms with Gasteiger partial charge in [0.2, 0.25) is 0 Å². The molecule has 0 heterocycles. The number of carbonyl (C=O) groups is 2. The lowest BCUT2D eigenvalue weighted by Crippen LogP contribution is -2.34. The number of aryl methyl sites for hydroxylation is 1. The topological polar surface area (TPSA) is 66.4 Å². The molecule has 2 N–H and O–H groups in total. The molecule has 0 radical (unpaired) electrons. The van der Waals surface area contributed by atoms with Crippen LogP contribution in [-0.2, 0) is 4.79 Å². The van der Waals surface area contributed by atoms with Crippen molar-refractivity contribution >= 4 is 23.5 Å². The Morgan fingerprint density at radius 1 is 1.44 bits per heavy atom. The summed E-state index contributed by atoms with van der Waals surface area (Å²) >= 11 is 5.88. The molecule has 0 saturated heterocycles. The SMILES string of the molecule is Cc1cc(C(=O)NCC2(C(=O)O)CC2)ccc1Cl. The molecule has 1 amide bonds. The van der Waals surface area contributed by atoms with Gasteiger partial charge in [0, 0.05) is 17.1 Å². The summed E-state index contributed by atoms with van der Waals surface area (Å²) in [6.45, 7) is 2.00. The Balaban J connectivity index is 2.00. The van der Waals surface area contributed by atoms with Gasteiger partial charge in [-0.2, -0.15) is 0 Å². The fraction of sp³-hybridized carbons (Fsp3) is 0.385. The van der Waals surface area contributed by atoms with Crippen molar-refractivity contribution < 1.29 is 14.7 Å². The molecule has 1 saturated carbocycles. The fourth-order valence-electron chi connectivity index (χ4n) is 1.75. The molecule has 96 valence electrons. The van der Waals surface area contributed by atoms with Gasteiger partial charge in [0.15, 0.2) is 0 Å². The van der Waals surface area contributed by atoms with E-state index in [0.29, 0.717) is 23.4 Å². The van der Waals surface area contributed by atoms with Gasteiger partial charge >= 0.3 is 5.97 Å². The van der Waals surface area contributed by atoms with Crippen molar-refractivity contribution in [1.29, 1.82) is 0 Å². The molecule has 0 aliphatic heterocycles. The Morgan fingerprint density at radius 2 is 2.11 bits per heavy atom. The minimum Gasteiger partial charge on any atom is -0.481 e. The van der Waals surface area contributed by atoms with Crippen LogP contribution in [0.3, 0.4) is 0 Å². The molecule has 0 aromatic heterocycles. The fourth-order valence-corrected chi connectivity index (χ4v) is 1.87. The normalized spacial score (nSPS) is 16.1. The lowest BCUT2D eigenvalue weighted by Gasteiger charge is -2.11. The Morgan fingerprint density at radius 3 is 2.61 bits per heavy atom. The third-order valence-electron chi connectivity index (χ3n) is 3.31. The van der Waals surface area contributed by atoms with Crippen molar-refractivity contribution in [3.63, 3.8) is 0 Å². The Bertz CT molecular complexity index is 509. The van der Waals surface area contributed by atoms with Crippen LogP contribution >= 0.6 is 11.6 Å². The molecule has 0 spiro atoms. The Labute approximate surface area is 110 Å². The summed E-state index contributed by atoms with van der Waals surface area (Å²) < 4.78 is 0. The Hall–Kier alpha value is -1.55. The van der Waals surface area contributed by atoms with Gasteiger partial charge in [0.1, 0.15) is 0 Å². The van der Waals surface area contributed by atoms with Crippen LogP contribution in [0.1, 0.15) is 28.8 Å². The van der Waals surface area contributed by atoms with Gasteiger partial charge in [-0.3, -0.25) is 9.59 Å². The van der Waals surface area contributed by atoms with Gasteiger partial charge in [0.25, 0.3) is 5.91 Å². The van der Waals surface area contributed by atoms with Gasteiger partial charge in [0.05, 0.1) is 5.41 Å². The molecule has 0 bridgehead atoms. The van der Waals surface area contributed by atoms with E-state index in [1.54, 1.807) is 18.2 Å². The van der Waals surface area contributed by atoms with Crippen molar-refractivity contribution in [3.8, 4) is 0 Å². The van der Waals surface area contributed by atoms with Gasteiger partial charge in [-0.25, -0.2) is 0 Å². The minimum absolute atomic E-state index is 0.183. The van der Waals surface area contributed by atoms with E-state index in [1.807, 2.05) is 6.92 Å². The molecule has 5 heteroatoms. The van der Waals surface area contributed by atoms with E-state index in [1.165, 1.54) is 0 Å². The van der Waals surface area contributed by atoms with Gasteiger partial charge in [-0.15, -0.1) is 0 Å². The predicted molar refractivity (Wildman–Crippen MR) is 67.8 cm³/mol. The average molecular weight is 268 g/mol. The van der Waals surface area contributed by atoms with Crippen molar-refractivity contribution in [2.45, 2.75) is 19.8 Å². The second kappa shape index (κ2) is 4.61. The molecular weight excluding hydrogens is 254 g/mol. The molecule has 4 nitrogen and oxygen atoms in total. The number of benzene rings is 1. The number of hydrogen-bond donors (Lipinski definition) is 2. The number of aliphatic carboxylic acids is 1. The van der Waals surface area contributed by atoms with Crippen LogP contribution in [0, 0.1) is 12.3 Å². The van der Waals surface area contributed by atoms with E-state index in [-0.39, 0.29) is 12.5 Å². The van der Waals surface area contributed by atoms with E-state index in [2.05, 4.69) is 5.32 Å². The first-order valence-corrected chi connectivity index (χ1v) is 6.10. The largest absolute Gasteiger partial charge is 0.481 e. The second-order valence-electron chi connectivity index (χ2n) is 4.73. The molecule has 18 heavy (non-hydrogen) atoms. The molecule has 1 aromatic rings. The highest BCUT2D eigenvalue weighted by Gasteiger charge is 2.50. The van der Waals surface area contributed by atoms with Gasteiger partial charge < -0.3 is 10.4 Å².